The van der Waals surface area contributed by atoms with E-state index in [1.54, 1.807) is 0 Å². The van der Waals surface area contributed by atoms with Crippen molar-refractivity contribution in [3.8, 4) is 0 Å². The molecule has 0 spiro atoms. The van der Waals surface area contributed by atoms with E-state index in [0.29, 0.717) is 6.54 Å². The summed E-state index contributed by atoms with van der Waals surface area (Å²) in [5.74, 6) is 0. The maximum absolute atomic E-state index is 9.21. The van der Waals surface area contributed by atoms with Gasteiger partial charge in [0.05, 0.1) is 0 Å². The maximum atomic E-state index is 9.21. The third kappa shape index (κ3) is 10.6. The molecule has 0 amide bonds. The fraction of sp³-hybridized carbons (Fsp3) is 0.333. The van der Waals surface area contributed by atoms with Crippen LogP contribution in [0.3, 0.4) is 0 Å². The highest BCUT2D eigenvalue weighted by molar-refractivity contribution is 5.86. The Kier molecular flexibility index (Phi) is 17.9. The van der Waals surface area contributed by atoms with Crippen molar-refractivity contribution in [3.05, 3.63) is 42.0 Å². The lowest BCUT2D eigenvalue weighted by Gasteiger charge is -2.06. The molecule has 0 aromatic heterocycles. The number of aliphatic hydroxyl groups is 1. The number of hydrogen-bond donors (Lipinski definition) is 2. The van der Waals surface area contributed by atoms with Crippen molar-refractivity contribution in [3.63, 3.8) is 0 Å². The monoisotopic (exact) mass is 299 g/mol. The van der Waals surface area contributed by atoms with Crippen LogP contribution in [0.1, 0.15) is 18.9 Å². The molecule has 2 nitrogen and oxygen atoms in total. The van der Waals surface area contributed by atoms with E-state index in [1.165, 1.54) is 5.56 Å². The van der Waals surface area contributed by atoms with Crippen molar-refractivity contribution in [1.82, 2.24) is 5.32 Å². The van der Waals surface area contributed by atoms with Crippen molar-refractivity contribution in [2.75, 3.05) is 6.54 Å². The van der Waals surface area contributed by atoms with Crippen molar-refractivity contribution in [1.29, 1.82) is 0 Å². The number of rotatable bonds is 5. The van der Waals surface area contributed by atoms with Gasteiger partial charge in [0, 0.05) is 6.54 Å². The van der Waals surface area contributed by atoms with Crippen LogP contribution in [0.25, 0.3) is 6.08 Å². The highest BCUT2D eigenvalue weighted by Gasteiger charge is 1.94. The Balaban J connectivity index is -0.000000653. The first-order chi connectivity index (χ1) is 6.83. The van der Waals surface area contributed by atoms with Crippen molar-refractivity contribution < 1.29 is 5.11 Å². The zero-order chi connectivity index (χ0) is 10.2. The Morgan fingerprint density at radius 3 is 2.29 bits per heavy atom. The molecular formula is C12H20Cl3NO. The first-order valence-corrected chi connectivity index (χ1v) is 4.96. The van der Waals surface area contributed by atoms with Gasteiger partial charge in [-0.1, -0.05) is 49.4 Å². The zero-order valence-corrected chi connectivity index (χ0v) is 12.2. The van der Waals surface area contributed by atoms with Gasteiger partial charge in [0.15, 0.2) is 0 Å². The molecule has 0 aliphatic heterocycles. The fourth-order valence-electron chi connectivity index (χ4n) is 1.11. The lowest BCUT2D eigenvalue weighted by molar-refractivity contribution is 0.138. The minimum Gasteiger partial charge on any atom is -0.379 e. The van der Waals surface area contributed by atoms with Crippen molar-refractivity contribution in [2.45, 2.75) is 19.6 Å². The standard InChI is InChI=1S/C12H17NO.3ClH/c1-2-12(14)13-10-6-9-11-7-4-3-5-8-11;;;/h3-9,12-14H,2,10H2,1H3;3*1H. The van der Waals surface area contributed by atoms with E-state index >= 15 is 0 Å². The van der Waals surface area contributed by atoms with E-state index in [-0.39, 0.29) is 37.2 Å². The number of halogens is 3. The SMILES string of the molecule is CCC(O)NCC=Cc1ccccc1.Cl.Cl.Cl. The largest absolute Gasteiger partial charge is 0.379 e. The molecule has 0 bridgehead atoms. The van der Waals surface area contributed by atoms with Gasteiger partial charge in [-0.15, -0.1) is 37.2 Å². The van der Waals surface area contributed by atoms with E-state index in [0.717, 1.165) is 6.42 Å². The molecule has 0 radical (unpaired) electrons. The van der Waals surface area contributed by atoms with Crippen molar-refractivity contribution >= 4 is 43.3 Å². The Hall–Kier alpha value is -0.250. The van der Waals surface area contributed by atoms with Crippen LogP contribution in [-0.2, 0) is 0 Å². The van der Waals surface area contributed by atoms with Crippen LogP contribution >= 0.6 is 37.2 Å². The second kappa shape index (κ2) is 13.8. The molecule has 0 saturated heterocycles. The molecule has 1 unspecified atom stereocenters. The van der Waals surface area contributed by atoms with Gasteiger partial charge in [-0.3, -0.25) is 5.32 Å². The van der Waals surface area contributed by atoms with Crippen LogP contribution in [-0.4, -0.2) is 17.9 Å². The lowest BCUT2D eigenvalue weighted by Crippen LogP contribution is -2.27. The second-order valence-electron chi connectivity index (χ2n) is 3.15. The lowest BCUT2D eigenvalue weighted by atomic mass is 10.2. The molecule has 1 rings (SSSR count). The van der Waals surface area contributed by atoms with E-state index in [1.807, 2.05) is 49.4 Å². The average molecular weight is 301 g/mol. The normalized spacial score (nSPS) is 10.9. The van der Waals surface area contributed by atoms with Crippen LogP contribution in [0.4, 0.5) is 0 Å². The molecular weight excluding hydrogens is 280 g/mol. The molecule has 0 aliphatic rings. The number of nitrogens with one attached hydrogen (secondary N) is 1. The van der Waals surface area contributed by atoms with E-state index in [2.05, 4.69) is 5.32 Å². The third-order valence-corrected chi connectivity index (χ3v) is 1.97. The Labute approximate surface area is 122 Å². The molecule has 0 saturated carbocycles. The smallest absolute Gasteiger partial charge is 0.104 e. The Morgan fingerprint density at radius 2 is 1.76 bits per heavy atom. The molecule has 2 N–H and O–H groups in total. The molecule has 0 aliphatic carbocycles. The summed E-state index contributed by atoms with van der Waals surface area (Å²) in [5.41, 5.74) is 1.18. The molecule has 0 fully saturated rings. The Bertz CT molecular complexity index is 280. The maximum Gasteiger partial charge on any atom is 0.104 e. The van der Waals surface area contributed by atoms with Gasteiger partial charge in [0.25, 0.3) is 0 Å². The van der Waals surface area contributed by atoms with Crippen LogP contribution < -0.4 is 5.32 Å². The molecule has 100 valence electrons. The topological polar surface area (TPSA) is 32.3 Å². The first-order valence-electron chi connectivity index (χ1n) is 4.96. The minimum absolute atomic E-state index is 0. The van der Waals surface area contributed by atoms with Gasteiger partial charge in [-0.05, 0) is 12.0 Å². The second-order valence-corrected chi connectivity index (χ2v) is 3.15. The molecule has 17 heavy (non-hydrogen) atoms. The van der Waals surface area contributed by atoms with Crippen LogP contribution in [0.5, 0.6) is 0 Å². The fourth-order valence-corrected chi connectivity index (χ4v) is 1.11. The quantitative estimate of drug-likeness (QED) is 0.818. The van der Waals surface area contributed by atoms with Gasteiger partial charge < -0.3 is 5.11 Å². The third-order valence-electron chi connectivity index (χ3n) is 1.97. The number of hydrogen-bond acceptors (Lipinski definition) is 2. The van der Waals surface area contributed by atoms with Gasteiger partial charge in [-0.25, -0.2) is 0 Å². The number of benzene rings is 1. The van der Waals surface area contributed by atoms with Crippen molar-refractivity contribution in [2.24, 2.45) is 0 Å². The minimum atomic E-state index is -0.393. The van der Waals surface area contributed by atoms with Crippen LogP contribution in [0.2, 0.25) is 0 Å². The van der Waals surface area contributed by atoms with E-state index in [4.69, 9.17) is 0 Å². The predicted molar refractivity (Wildman–Crippen MR) is 81.5 cm³/mol. The average Bonchev–Trinajstić information content (AvgIpc) is 2.25. The summed E-state index contributed by atoms with van der Waals surface area (Å²) >= 11 is 0. The molecule has 5 heteroatoms. The highest BCUT2D eigenvalue weighted by atomic mass is 35.5. The molecule has 0 heterocycles. The summed E-state index contributed by atoms with van der Waals surface area (Å²) in [6.07, 6.45) is 4.39. The van der Waals surface area contributed by atoms with Gasteiger partial charge in [0.2, 0.25) is 0 Å². The zero-order valence-electron chi connectivity index (χ0n) is 9.70. The summed E-state index contributed by atoms with van der Waals surface area (Å²) in [7, 11) is 0. The Morgan fingerprint density at radius 1 is 1.18 bits per heavy atom. The van der Waals surface area contributed by atoms with Crippen LogP contribution in [0, 0.1) is 0 Å². The van der Waals surface area contributed by atoms with Crippen LogP contribution in [0.15, 0.2) is 36.4 Å². The predicted octanol–water partition coefficient (Wildman–Crippen LogP) is 3.28. The molecule has 1 atom stereocenters. The summed E-state index contributed by atoms with van der Waals surface area (Å²) in [4.78, 5) is 0. The summed E-state index contributed by atoms with van der Waals surface area (Å²) in [6.45, 7) is 2.64. The van der Waals surface area contributed by atoms with Gasteiger partial charge in [-0.2, -0.15) is 0 Å². The first kappa shape index (κ1) is 22.0. The number of aliphatic hydroxyl groups excluding tert-OH is 1. The summed E-state index contributed by atoms with van der Waals surface area (Å²) in [5, 5.41) is 12.2. The molecule has 1 aromatic carbocycles. The van der Waals surface area contributed by atoms with E-state index < -0.39 is 6.23 Å². The summed E-state index contributed by atoms with van der Waals surface area (Å²) in [6, 6.07) is 10.1. The summed E-state index contributed by atoms with van der Waals surface area (Å²) < 4.78 is 0. The van der Waals surface area contributed by atoms with Gasteiger partial charge >= 0.3 is 0 Å². The van der Waals surface area contributed by atoms with Gasteiger partial charge in [0.1, 0.15) is 6.23 Å². The van der Waals surface area contributed by atoms with E-state index in [9.17, 15) is 5.11 Å². The molecule has 1 aromatic rings. The highest BCUT2D eigenvalue weighted by Crippen LogP contribution is 1.99.